The normalized spacial score (nSPS) is 23.6. The predicted octanol–water partition coefficient (Wildman–Crippen LogP) is 4.46. The number of benzene rings is 1. The van der Waals surface area contributed by atoms with Crippen LogP contribution in [-0.2, 0) is 11.2 Å². The molecule has 2 atom stereocenters. The third kappa shape index (κ3) is 3.65. The number of hydrogen-bond donors (Lipinski definition) is 0. The van der Waals surface area contributed by atoms with E-state index in [0.29, 0.717) is 24.5 Å². The van der Waals surface area contributed by atoms with Crippen LogP contribution in [0.3, 0.4) is 0 Å². The summed E-state index contributed by atoms with van der Waals surface area (Å²) in [5.74, 6) is 0.956. The Balaban J connectivity index is 2.07. The number of rotatable bonds is 4. The van der Waals surface area contributed by atoms with Crippen LogP contribution in [0.5, 0.6) is 0 Å². The molecule has 0 heterocycles. The average molecular weight is 262 g/mol. The lowest BCUT2D eigenvalue weighted by atomic mass is 9.76. The molecule has 0 N–H and O–H groups in total. The Bertz CT molecular complexity index is 453. The molecule has 1 nitrogen and oxygen atoms in total. The maximum absolute atomic E-state index is 13.3. The first-order valence-corrected chi connectivity index (χ1v) is 7.38. The Labute approximate surface area is 115 Å². The molecule has 104 valence electrons. The molecule has 2 rings (SSSR count). The van der Waals surface area contributed by atoms with E-state index in [4.69, 9.17) is 0 Å². The van der Waals surface area contributed by atoms with Crippen molar-refractivity contribution in [2.45, 2.75) is 52.4 Å². The third-order valence-electron chi connectivity index (χ3n) is 4.35. The summed E-state index contributed by atoms with van der Waals surface area (Å²) >= 11 is 0. The highest BCUT2D eigenvalue weighted by Crippen LogP contribution is 2.32. The fourth-order valence-electron chi connectivity index (χ4n) is 3.20. The molecule has 1 saturated carbocycles. The Morgan fingerprint density at radius 2 is 2.16 bits per heavy atom. The van der Waals surface area contributed by atoms with Crippen LogP contribution in [0, 0.1) is 24.6 Å². The second kappa shape index (κ2) is 6.31. The number of aryl methyl sites for hydroxylation is 1. The number of hydrogen-bond acceptors (Lipinski definition) is 1. The molecule has 0 bridgehead atoms. The second-order valence-electron chi connectivity index (χ2n) is 5.87. The summed E-state index contributed by atoms with van der Waals surface area (Å²) in [5, 5.41) is 0. The van der Waals surface area contributed by atoms with Crippen molar-refractivity contribution in [3.05, 3.63) is 35.1 Å². The number of Topliss-reactive ketones (excluding diaryl/α,β-unsaturated/α-hetero) is 1. The van der Waals surface area contributed by atoms with Crippen molar-refractivity contribution in [3.63, 3.8) is 0 Å². The quantitative estimate of drug-likeness (QED) is 0.783. The van der Waals surface area contributed by atoms with E-state index in [1.165, 1.54) is 18.9 Å². The molecule has 2 heteroatoms. The number of halogens is 1. The van der Waals surface area contributed by atoms with Crippen molar-refractivity contribution in [3.8, 4) is 0 Å². The zero-order valence-electron chi connectivity index (χ0n) is 11.9. The predicted molar refractivity (Wildman–Crippen MR) is 75.6 cm³/mol. The van der Waals surface area contributed by atoms with Gasteiger partial charge in [-0.3, -0.25) is 4.79 Å². The van der Waals surface area contributed by atoms with E-state index in [0.717, 1.165) is 24.0 Å². The van der Waals surface area contributed by atoms with Crippen molar-refractivity contribution in [1.82, 2.24) is 0 Å². The summed E-state index contributed by atoms with van der Waals surface area (Å²) in [6.07, 6.45) is 5.86. The minimum Gasteiger partial charge on any atom is -0.299 e. The van der Waals surface area contributed by atoms with Gasteiger partial charge >= 0.3 is 0 Å². The van der Waals surface area contributed by atoms with E-state index in [9.17, 15) is 9.18 Å². The second-order valence-corrected chi connectivity index (χ2v) is 5.87. The van der Waals surface area contributed by atoms with Crippen LogP contribution < -0.4 is 0 Å². The third-order valence-corrected chi connectivity index (χ3v) is 4.35. The van der Waals surface area contributed by atoms with Crippen LogP contribution in [0.25, 0.3) is 0 Å². The van der Waals surface area contributed by atoms with Crippen LogP contribution in [0.15, 0.2) is 18.2 Å². The first-order chi connectivity index (χ1) is 9.10. The minimum absolute atomic E-state index is 0.103. The van der Waals surface area contributed by atoms with Gasteiger partial charge in [-0.25, -0.2) is 4.39 Å². The molecule has 0 amide bonds. The Kier molecular flexibility index (Phi) is 4.73. The molecule has 1 aliphatic carbocycles. The Morgan fingerprint density at radius 3 is 2.89 bits per heavy atom. The Hall–Kier alpha value is -1.18. The van der Waals surface area contributed by atoms with Gasteiger partial charge in [0.1, 0.15) is 11.6 Å². The summed E-state index contributed by atoms with van der Waals surface area (Å²) in [5.41, 5.74) is 2.09. The molecule has 0 radical (unpaired) electrons. The van der Waals surface area contributed by atoms with Crippen molar-refractivity contribution in [2.24, 2.45) is 11.8 Å². The van der Waals surface area contributed by atoms with Crippen LogP contribution in [-0.4, -0.2) is 5.78 Å². The molecule has 1 aromatic carbocycles. The van der Waals surface area contributed by atoms with Gasteiger partial charge in [-0.05, 0) is 55.4 Å². The fraction of sp³-hybridized carbons (Fsp3) is 0.588. The number of carbonyl (C=O) groups excluding carboxylic acids is 1. The molecule has 19 heavy (non-hydrogen) atoms. The molecular formula is C17H23FO. The average Bonchev–Trinajstić information content (AvgIpc) is 2.38. The summed E-state index contributed by atoms with van der Waals surface area (Å²) in [4.78, 5) is 12.1. The van der Waals surface area contributed by atoms with Crippen molar-refractivity contribution < 1.29 is 9.18 Å². The molecule has 1 aliphatic rings. The van der Waals surface area contributed by atoms with E-state index in [1.807, 2.05) is 13.0 Å². The summed E-state index contributed by atoms with van der Waals surface area (Å²) in [6, 6.07) is 4.88. The van der Waals surface area contributed by atoms with E-state index in [-0.39, 0.29) is 11.7 Å². The lowest BCUT2D eigenvalue weighted by Gasteiger charge is -2.28. The van der Waals surface area contributed by atoms with Gasteiger partial charge in [0, 0.05) is 12.3 Å². The molecule has 0 aromatic heterocycles. The van der Waals surface area contributed by atoms with Crippen molar-refractivity contribution >= 4 is 5.78 Å². The van der Waals surface area contributed by atoms with E-state index in [1.54, 1.807) is 6.07 Å². The molecule has 1 fully saturated rings. The molecule has 2 unspecified atom stereocenters. The van der Waals surface area contributed by atoms with Crippen LogP contribution >= 0.6 is 0 Å². The van der Waals surface area contributed by atoms with E-state index in [2.05, 4.69) is 6.92 Å². The minimum atomic E-state index is -0.200. The summed E-state index contributed by atoms with van der Waals surface area (Å²) in [6.45, 7) is 4.19. The molecule has 0 spiro atoms. The highest BCUT2D eigenvalue weighted by molar-refractivity contribution is 5.82. The smallest absolute Gasteiger partial charge is 0.136 e. The topological polar surface area (TPSA) is 17.1 Å². The van der Waals surface area contributed by atoms with Crippen molar-refractivity contribution in [1.29, 1.82) is 0 Å². The van der Waals surface area contributed by atoms with Gasteiger partial charge in [-0.1, -0.05) is 25.8 Å². The summed E-state index contributed by atoms with van der Waals surface area (Å²) < 4.78 is 13.3. The van der Waals surface area contributed by atoms with Crippen molar-refractivity contribution in [2.75, 3.05) is 0 Å². The highest BCUT2D eigenvalue weighted by atomic mass is 19.1. The first kappa shape index (κ1) is 14.2. The monoisotopic (exact) mass is 262 g/mol. The lowest BCUT2D eigenvalue weighted by Crippen LogP contribution is -2.26. The van der Waals surface area contributed by atoms with Gasteiger partial charge in [0.05, 0.1) is 0 Å². The lowest BCUT2D eigenvalue weighted by molar-refractivity contribution is -0.125. The standard InChI is InChI=1S/C17H23FO/c1-3-4-13-6-8-17(19)15(9-13)10-14-11-16(18)7-5-12(14)2/h5,7,11,13,15H,3-4,6,8-10H2,1-2H3. The zero-order valence-corrected chi connectivity index (χ0v) is 11.9. The number of carbonyl (C=O) groups is 1. The maximum atomic E-state index is 13.3. The molecule has 0 aliphatic heterocycles. The molecular weight excluding hydrogens is 239 g/mol. The van der Waals surface area contributed by atoms with Gasteiger partial charge in [0.15, 0.2) is 0 Å². The fourth-order valence-corrected chi connectivity index (χ4v) is 3.20. The van der Waals surface area contributed by atoms with Crippen LogP contribution in [0.1, 0.15) is 50.2 Å². The van der Waals surface area contributed by atoms with Crippen LogP contribution in [0.2, 0.25) is 0 Å². The Morgan fingerprint density at radius 1 is 1.37 bits per heavy atom. The van der Waals surface area contributed by atoms with E-state index >= 15 is 0 Å². The maximum Gasteiger partial charge on any atom is 0.136 e. The molecule has 1 aromatic rings. The zero-order chi connectivity index (χ0) is 13.8. The number of ketones is 1. The van der Waals surface area contributed by atoms with Gasteiger partial charge in [0.2, 0.25) is 0 Å². The van der Waals surface area contributed by atoms with Gasteiger partial charge in [0.25, 0.3) is 0 Å². The summed E-state index contributed by atoms with van der Waals surface area (Å²) in [7, 11) is 0. The van der Waals surface area contributed by atoms with Gasteiger partial charge in [-0.2, -0.15) is 0 Å². The SMILES string of the molecule is CCCC1CCC(=O)C(Cc2cc(F)ccc2C)C1. The van der Waals surface area contributed by atoms with Crippen LogP contribution in [0.4, 0.5) is 4.39 Å². The van der Waals surface area contributed by atoms with Gasteiger partial charge in [-0.15, -0.1) is 0 Å². The molecule has 0 saturated heterocycles. The first-order valence-electron chi connectivity index (χ1n) is 7.38. The highest BCUT2D eigenvalue weighted by Gasteiger charge is 2.28. The van der Waals surface area contributed by atoms with E-state index < -0.39 is 0 Å². The largest absolute Gasteiger partial charge is 0.299 e. The van der Waals surface area contributed by atoms with Gasteiger partial charge < -0.3 is 0 Å².